The maximum atomic E-state index is 11.7. The van der Waals surface area contributed by atoms with Gasteiger partial charge in [0.15, 0.2) is 18.2 Å². The molecular weight excluding hydrogens is 364 g/mol. The third-order valence-corrected chi connectivity index (χ3v) is 7.16. The van der Waals surface area contributed by atoms with E-state index in [1.54, 1.807) is 14.1 Å². The van der Waals surface area contributed by atoms with Crippen LogP contribution in [0, 0.1) is 23.7 Å². The van der Waals surface area contributed by atoms with Gasteiger partial charge in [0.25, 0.3) is 0 Å². The maximum Gasteiger partial charge on any atom is 0.316 e. The predicted octanol–water partition coefficient (Wildman–Crippen LogP) is 2.48. The van der Waals surface area contributed by atoms with Gasteiger partial charge in [-0.3, -0.25) is 0 Å². The summed E-state index contributed by atoms with van der Waals surface area (Å²) in [6.07, 6.45) is 3.14. The van der Waals surface area contributed by atoms with Gasteiger partial charge in [0, 0.05) is 38.9 Å². The van der Waals surface area contributed by atoms with Crippen LogP contribution >= 0.6 is 0 Å². The lowest BCUT2D eigenvalue weighted by Gasteiger charge is -2.60. The standard InChI is InChI=1S/C20H34N2O6/c1-12-6-7-15-13(2)16(24-11-10-21-18(23)22(4)5)25-17-20(15)14(12)8-9-19(3,26-17)27-28-20/h12-17H,6-11H2,1-5H3,(H,21,23)/t12-,13-,14+,15+,16-,17-,19+,20-/m1/s1. The van der Waals surface area contributed by atoms with Gasteiger partial charge in [0.05, 0.1) is 6.61 Å². The molecule has 2 bridgehead atoms. The van der Waals surface area contributed by atoms with Gasteiger partial charge in [-0.05, 0) is 38.0 Å². The molecule has 5 aliphatic rings. The fourth-order valence-corrected chi connectivity index (χ4v) is 5.55. The summed E-state index contributed by atoms with van der Waals surface area (Å²) in [5.41, 5.74) is -0.563. The van der Waals surface area contributed by atoms with E-state index in [4.69, 9.17) is 24.0 Å². The Balaban J connectivity index is 1.48. The number of carbonyl (C=O) groups excluding carboxylic acids is 1. The molecule has 1 aliphatic carbocycles. The average Bonchev–Trinajstić information content (AvgIpc) is 2.88. The summed E-state index contributed by atoms with van der Waals surface area (Å²) >= 11 is 0. The van der Waals surface area contributed by atoms with E-state index in [1.165, 1.54) is 11.3 Å². The highest BCUT2D eigenvalue weighted by molar-refractivity contribution is 5.73. The molecule has 0 radical (unpaired) electrons. The second-order valence-corrected chi connectivity index (χ2v) is 9.27. The average molecular weight is 399 g/mol. The van der Waals surface area contributed by atoms with Crippen molar-refractivity contribution in [3.05, 3.63) is 0 Å². The Morgan fingerprint density at radius 3 is 2.71 bits per heavy atom. The number of hydrogen-bond acceptors (Lipinski definition) is 6. The lowest BCUT2D eigenvalue weighted by atomic mass is 9.58. The third-order valence-electron chi connectivity index (χ3n) is 7.16. The molecule has 0 unspecified atom stereocenters. The molecule has 1 spiro atoms. The van der Waals surface area contributed by atoms with E-state index in [1.807, 2.05) is 6.92 Å². The van der Waals surface area contributed by atoms with Crippen LogP contribution in [-0.2, 0) is 24.0 Å². The molecule has 28 heavy (non-hydrogen) atoms. The normalized spacial score (nSPS) is 47.2. The first-order valence-corrected chi connectivity index (χ1v) is 10.5. The van der Waals surface area contributed by atoms with Crippen molar-refractivity contribution in [2.45, 2.75) is 70.4 Å². The zero-order valence-corrected chi connectivity index (χ0v) is 17.6. The first-order chi connectivity index (χ1) is 13.3. The quantitative estimate of drug-likeness (QED) is 0.579. The summed E-state index contributed by atoms with van der Waals surface area (Å²) < 4.78 is 18.7. The molecule has 4 saturated heterocycles. The van der Waals surface area contributed by atoms with E-state index in [0.717, 1.165) is 19.3 Å². The minimum atomic E-state index is -0.775. The summed E-state index contributed by atoms with van der Waals surface area (Å²) in [5.74, 6) is 0.508. The summed E-state index contributed by atoms with van der Waals surface area (Å²) in [7, 11) is 3.42. The van der Waals surface area contributed by atoms with Crippen LogP contribution in [0.4, 0.5) is 4.79 Å². The molecule has 8 atom stereocenters. The van der Waals surface area contributed by atoms with Crippen LogP contribution < -0.4 is 5.32 Å². The van der Waals surface area contributed by atoms with Crippen molar-refractivity contribution in [2.24, 2.45) is 23.7 Å². The zero-order valence-electron chi connectivity index (χ0n) is 17.6. The third kappa shape index (κ3) is 3.23. The Morgan fingerprint density at radius 2 is 1.96 bits per heavy atom. The van der Waals surface area contributed by atoms with Crippen LogP contribution in [0.25, 0.3) is 0 Å². The molecule has 2 amide bonds. The Kier molecular flexibility index (Phi) is 5.37. The van der Waals surface area contributed by atoms with E-state index in [9.17, 15) is 4.79 Å². The van der Waals surface area contributed by atoms with Gasteiger partial charge in [-0.15, -0.1) is 0 Å². The highest BCUT2D eigenvalue weighted by Crippen LogP contribution is 2.60. The number of urea groups is 1. The number of amides is 2. The minimum absolute atomic E-state index is 0.132. The summed E-state index contributed by atoms with van der Waals surface area (Å²) in [6, 6.07) is -0.132. The zero-order chi connectivity index (χ0) is 20.1. The van der Waals surface area contributed by atoms with Crippen molar-refractivity contribution < 1.29 is 28.8 Å². The van der Waals surface area contributed by atoms with Crippen LogP contribution in [0.15, 0.2) is 0 Å². The molecule has 4 heterocycles. The molecule has 4 aliphatic heterocycles. The van der Waals surface area contributed by atoms with Crippen LogP contribution in [-0.4, -0.2) is 62.1 Å². The van der Waals surface area contributed by atoms with Crippen molar-refractivity contribution in [2.75, 3.05) is 27.2 Å². The molecule has 0 aromatic carbocycles. The van der Waals surface area contributed by atoms with Crippen molar-refractivity contribution in [3.63, 3.8) is 0 Å². The molecule has 1 N–H and O–H groups in total. The monoisotopic (exact) mass is 398 g/mol. The second kappa shape index (κ2) is 7.40. The first kappa shape index (κ1) is 20.3. The van der Waals surface area contributed by atoms with Gasteiger partial charge in [0.2, 0.25) is 5.79 Å². The van der Waals surface area contributed by atoms with Gasteiger partial charge in [-0.25, -0.2) is 14.6 Å². The van der Waals surface area contributed by atoms with Gasteiger partial charge in [-0.1, -0.05) is 13.8 Å². The van der Waals surface area contributed by atoms with Crippen molar-refractivity contribution in [3.8, 4) is 0 Å². The lowest BCUT2D eigenvalue weighted by Crippen LogP contribution is -2.70. The largest absolute Gasteiger partial charge is 0.350 e. The van der Waals surface area contributed by atoms with E-state index < -0.39 is 24.0 Å². The minimum Gasteiger partial charge on any atom is -0.350 e. The second-order valence-electron chi connectivity index (χ2n) is 9.27. The molecule has 8 nitrogen and oxygen atoms in total. The van der Waals surface area contributed by atoms with Gasteiger partial charge in [-0.2, -0.15) is 0 Å². The van der Waals surface area contributed by atoms with Gasteiger partial charge < -0.3 is 24.4 Å². The molecule has 5 rings (SSSR count). The Labute approximate surface area is 167 Å². The van der Waals surface area contributed by atoms with Gasteiger partial charge >= 0.3 is 6.03 Å². The number of nitrogens with one attached hydrogen (secondary N) is 1. The highest BCUT2D eigenvalue weighted by Gasteiger charge is 2.69. The number of hydrogen-bond donors (Lipinski definition) is 1. The SMILES string of the molecule is C[C@H]1[C@H](OCCNC(=O)N(C)C)O[C@@H]2O[C@]3(C)CC[C@H]4[C@H](C)CC[C@@H]1[C@@]24OO3. The fourth-order valence-electron chi connectivity index (χ4n) is 5.55. The van der Waals surface area contributed by atoms with Crippen molar-refractivity contribution in [1.82, 2.24) is 10.2 Å². The fraction of sp³-hybridized carbons (Fsp3) is 0.950. The number of nitrogens with zero attached hydrogens (tertiary/aromatic N) is 1. The highest BCUT2D eigenvalue weighted by atomic mass is 17.3. The maximum absolute atomic E-state index is 11.7. The number of ether oxygens (including phenoxy) is 3. The summed E-state index contributed by atoms with van der Waals surface area (Å²) in [5, 5.41) is 2.81. The molecule has 0 aromatic rings. The molecule has 8 heteroatoms. The summed E-state index contributed by atoms with van der Waals surface area (Å²) in [6.45, 7) is 7.20. The summed E-state index contributed by atoms with van der Waals surface area (Å²) in [4.78, 5) is 25.1. The smallest absolute Gasteiger partial charge is 0.316 e. The lowest BCUT2D eigenvalue weighted by molar-refractivity contribution is -0.577. The van der Waals surface area contributed by atoms with E-state index in [-0.39, 0.29) is 17.9 Å². The van der Waals surface area contributed by atoms with Crippen molar-refractivity contribution in [1.29, 1.82) is 0 Å². The Bertz CT molecular complexity index is 603. The van der Waals surface area contributed by atoms with Crippen LogP contribution in [0.2, 0.25) is 0 Å². The number of rotatable bonds is 4. The molecular formula is C20H34N2O6. The van der Waals surface area contributed by atoms with Crippen LogP contribution in [0.1, 0.15) is 46.5 Å². The van der Waals surface area contributed by atoms with E-state index in [2.05, 4.69) is 19.2 Å². The van der Waals surface area contributed by atoms with Crippen LogP contribution in [0.5, 0.6) is 0 Å². The molecule has 5 fully saturated rings. The van der Waals surface area contributed by atoms with Crippen LogP contribution in [0.3, 0.4) is 0 Å². The first-order valence-electron chi connectivity index (χ1n) is 10.5. The number of fused-ring (bicyclic) bond motifs is 2. The predicted molar refractivity (Wildman–Crippen MR) is 99.9 cm³/mol. The Morgan fingerprint density at radius 1 is 1.18 bits per heavy atom. The Hall–Kier alpha value is -0.930. The van der Waals surface area contributed by atoms with E-state index >= 15 is 0 Å². The topological polar surface area (TPSA) is 78.5 Å². The molecule has 0 aromatic heterocycles. The van der Waals surface area contributed by atoms with E-state index in [0.29, 0.717) is 25.0 Å². The van der Waals surface area contributed by atoms with Crippen molar-refractivity contribution >= 4 is 6.03 Å². The molecule has 160 valence electrons. The number of carbonyl (C=O) groups is 1. The molecule has 1 saturated carbocycles. The van der Waals surface area contributed by atoms with Gasteiger partial charge in [0.1, 0.15) is 0 Å².